The molecule has 2 aromatic rings. The van der Waals surface area contributed by atoms with E-state index in [-0.39, 0.29) is 0 Å². The molecule has 0 unspecified atom stereocenters. The van der Waals surface area contributed by atoms with Crippen molar-refractivity contribution in [2.75, 3.05) is 0 Å². The summed E-state index contributed by atoms with van der Waals surface area (Å²) in [6.45, 7) is 2.08. The minimum Gasteiger partial charge on any atom is -0.305 e. The topological polar surface area (TPSA) is 17.8 Å². The first-order valence-electron chi connectivity index (χ1n) is 4.02. The van der Waals surface area contributed by atoms with Crippen LogP contribution in [-0.4, -0.2) is 9.55 Å². The Bertz CT molecular complexity index is 403. The molecular formula is C10H9IN2. The van der Waals surface area contributed by atoms with Gasteiger partial charge in [0, 0.05) is 11.9 Å². The molecule has 0 bridgehead atoms. The normalized spacial score (nSPS) is 10.3. The van der Waals surface area contributed by atoms with E-state index < -0.39 is 0 Å². The van der Waals surface area contributed by atoms with Gasteiger partial charge in [0.2, 0.25) is 0 Å². The van der Waals surface area contributed by atoms with Crippen molar-refractivity contribution in [3.8, 4) is 5.69 Å². The van der Waals surface area contributed by atoms with E-state index in [4.69, 9.17) is 0 Å². The van der Waals surface area contributed by atoms with Crippen LogP contribution >= 0.6 is 22.6 Å². The zero-order valence-corrected chi connectivity index (χ0v) is 9.39. The van der Waals surface area contributed by atoms with Gasteiger partial charge in [-0.25, -0.2) is 4.98 Å². The second kappa shape index (κ2) is 3.49. The maximum atomic E-state index is 4.17. The van der Waals surface area contributed by atoms with Crippen molar-refractivity contribution in [1.29, 1.82) is 0 Å². The predicted molar refractivity (Wildman–Crippen MR) is 61.0 cm³/mol. The molecule has 2 rings (SSSR count). The largest absolute Gasteiger partial charge is 0.305 e. The fourth-order valence-electron chi connectivity index (χ4n) is 1.16. The smallest absolute Gasteiger partial charge is 0.119 e. The third-order valence-corrected chi connectivity index (χ3v) is 2.44. The van der Waals surface area contributed by atoms with Crippen molar-refractivity contribution in [1.82, 2.24) is 9.55 Å². The van der Waals surface area contributed by atoms with E-state index in [1.54, 1.807) is 0 Å². The second-order valence-electron chi connectivity index (χ2n) is 2.94. The lowest BCUT2D eigenvalue weighted by molar-refractivity contribution is 1.05. The minimum absolute atomic E-state index is 1.01. The van der Waals surface area contributed by atoms with Crippen molar-refractivity contribution in [3.05, 3.63) is 46.1 Å². The highest BCUT2D eigenvalue weighted by Crippen LogP contribution is 2.10. The summed E-state index contributed by atoms with van der Waals surface area (Å²) in [5.41, 5.74) is 2.43. The molecule has 2 nitrogen and oxygen atoms in total. The first-order valence-corrected chi connectivity index (χ1v) is 5.10. The van der Waals surface area contributed by atoms with Gasteiger partial charge in [0.05, 0.1) is 0 Å². The van der Waals surface area contributed by atoms with Crippen LogP contribution in [0.1, 0.15) is 5.56 Å². The van der Waals surface area contributed by atoms with E-state index >= 15 is 0 Å². The highest BCUT2D eigenvalue weighted by molar-refractivity contribution is 14.1. The van der Waals surface area contributed by atoms with Crippen molar-refractivity contribution in [2.45, 2.75) is 6.92 Å². The van der Waals surface area contributed by atoms with Crippen LogP contribution in [0.3, 0.4) is 0 Å². The molecule has 1 aromatic carbocycles. The lowest BCUT2D eigenvalue weighted by Crippen LogP contribution is -1.88. The molecule has 0 atom stereocenters. The van der Waals surface area contributed by atoms with Gasteiger partial charge in [-0.2, -0.15) is 0 Å². The van der Waals surface area contributed by atoms with Gasteiger partial charge in [0.15, 0.2) is 0 Å². The number of nitrogens with zero attached hydrogens (tertiary/aromatic N) is 2. The molecule has 0 aliphatic heterocycles. The van der Waals surface area contributed by atoms with Crippen LogP contribution in [0.2, 0.25) is 0 Å². The number of benzene rings is 1. The fraction of sp³-hybridized carbons (Fsp3) is 0.100. The van der Waals surface area contributed by atoms with Crippen LogP contribution in [0, 0.1) is 10.6 Å². The van der Waals surface area contributed by atoms with Gasteiger partial charge in [-0.15, -0.1) is 0 Å². The van der Waals surface area contributed by atoms with Crippen molar-refractivity contribution in [3.63, 3.8) is 0 Å². The van der Waals surface area contributed by atoms with Crippen LogP contribution in [0.25, 0.3) is 5.69 Å². The van der Waals surface area contributed by atoms with Gasteiger partial charge in [0.1, 0.15) is 10.0 Å². The first-order chi connectivity index (χ1) is 6.25. The highest BCUT2D eigenvalue weighted by Gasteiger charge is 1.96. The molecule has 0 saturated carbocycles. The second-order valence-corrected chi connectivity index (χ2v) is 4.04. The Morgan fingerprint density at radius 1 is 1.23 bits per heavy atom. The monoisotopic (exact) mass is 284 g/mol. The fourth-order valence-corrected chi connectivity index (χ4v) is 1.58. The summed E-state index contributed by atoms with van der Waals surface area (Å²) in [5.74, 6) is 0. The number of imidazole rings is 1. The summed E-state index contributed by atoms with van der Waals surface area (Å²) < 4.78 is 3.03. The van der Waals surface area contributed by atoms with Gasteiger partial charge >= 0.3 is 0 Å². The van der Waals surface area contributed by atoms with E-state index in [1.165, 1.54) is 5.56 Å². The van der Waals surface area contributed by atoms with Crippen LogP contribution in [-0.2, 0) is 0 Å². The third-order valence-electron chi connectivity index (χ3n) is 1.88. The molecule has 3 heteroatoms. The zero-order chi connectivity index (χ0) is 9.26. The first kappa shape index (κ1) is 8.74. The molecule has 0 radical (unpaired) electrons. The number of rotatable bonds is 1. The summed E-state index contributed by atoms with van der Waals surface area (Å²) in [4.78, 5) is 4.17. The Labute approximate surface area is 90.8 Å². The van der Waals surface area contributed by atoms with Crippen molar-refractivity contribution < 1.29 is 0 Å². The average Bonchev–Trinajstić information content (AvgIpc) is 2.53. The number of aryl methyl sites for hydroxylation is 1. The number of hydrogen-bond donors (Lipinski definition) is 0. The van der Waals surface area contributed by atoms with E-state index in [0.29, 0.717) is 0 Å². The quantitative estimate of drug-likeness (QED) is 0.736. The van der Waals surface area contributed by atoms with Gasteiger partial charge in [0.25, 0.3) is 0 Å². The summed E-state index contributed by atoms with van der Waals surface area (Å²) in [6, 6.07) is 8.38. The van der Waals surface area contributed by atoms with E-state index in [2.05, 4.69) is 58.8 Å². The van der Waals surface area contributed by atoms with E-state index in [9.17, 15) is 0 Å². The summed E-state index contributed by atoms with van der Waals surface area (Å²) in [5, 5.41) is 0. The van der Waals surface area contributed by atoms with Gasteiger partial charge in [-0.05, 0) is 41.6 Å². The molecule has 0 saturated heterocycles. The summed E-state index contributed by atoms with van der Waals surface area (Å²) >= 11 is 2.20. The standard InChI is InChI=1S/C10H9IN2/c1-8-2-4-9(5-3-8)13-6-10(11)12-7-13/h2-7H,1H3. The maximum absolute atomic E-state index is 4.17. The molecule has 0 fully saturated rings. The van der Waals surface area contributed by atoms with Crippen LogP contribution in [0.5, 0.6) is 0 Å². The molecular weight excluding hydrogens is 275 g/mol. The van der Waals surface area contributed by atoms with Crippen molar-refractivity contribution in [2.24, 2.45) is 0 Å². The molecule has 13 heavy (non-hydrogen) atoms. The SMILES string of the molecule is Cc1ccc(-n2cnc(I)c2)cc1. The Hall–Kier alpha value is -0.840. The van der Waals surface area contributed by atoms with E-state index in [0.717, 1.165) is 9.39 Å². The number of hydrogen-bond acceptors (Lipinski definition) is 1. The Morgan fingerprint density at radius 2 is 1.92 bits per heavy atom. The van der Waals surface area contributed by atoms with Crippen LogP contribution in [0.4, 0.5) is 0 Å². The average molecular weight is 284 g/mol. The predicted octanol–water partition coefficient (Wildman–Crippen LogP) is 2.79. The molecule has 1 heterocycles. The van der Waals surface area contributed by atoms with Gasteiger partial charge in [-0.3, -0.25) is 0 Å². The minimum atomic E-state index is 1.01. The molecule has 0 amide bonds. The highest BCUT2D eigenvalue weighted by atomic mass is 127. The van der Waals surface area contributed by atoms with Crippen LogP contribution in [0.15, 0.2) is 36.8 Å². The Kier molecular flexibility index (Phi) is 2.35. The van der Waals surface area contributed by atoms with Crippen molar-refractivity contribution >= 4 is 22.6 Å². The molecule has 0 N–H and O–H groups in total. The number of halogens is 1. The summed E-state index contributed by atoms with van der Waals surface area (Å²) in [6.07, 6.45) is 3.83. The lowest BCUT2D eigenvalue weighted by Gasteiger charge is -2.00. The Morgan fingerprint density at radius 3 is 2.46 bits per heavy atom. The molecule has 0 aliphatic rings. The van der Waals surface area contributed by atoms with Gasteiger partial charge < -0.3 is 4.57 Å². The summed E-state index contributed by atoms with van der Waals surface area (Å²) in [7, 11) is 0. The Balaban J connectivity index is 2.41. The van der Waals surface area contributed by atoms with E-state index in [1.807, 2.05) is 17.1 Å². The zero-order valence-electron chi connectivity index (χ0n) is 7.24. The van der Waals surface area contributed by atoms with Crippen LogP contribution < -0.4 is 0 Å². The number of aromatic nitrogens is 2. The molecule has 66 valence electrons. The molecule has 0 aliphatic carbocycles. The molecule has 1 aromatic heterocycles. The molecule has 0 spiro atoms. The third kappa shape index (κ3) is 1.91. The lowest BCUT2D eigenvalue weighted by atomic mass is 10.2. The van der Waals surface area contributed by atoms with Gasteiger partial charge in [-0.1, -0.05) is 17.7 Å². The maximum Gasteiger partial charge on any atom is 0.119 e.